The molecule has 0 unspecified atom stereocenters. The third kappa shape index (κ3) is 3.54. The second-order valence-electron chi connectivity index (χ2n) is 6.11. The molecule has 4 rings (SSSR count). The Balaban J connectivity index is 1.68. The van der Waals surface area contributed by atoms with Crippen molar-refractivity contribution in [3.8, 4) is 17.2 Å². The lowest BCUT2D eigenvalue weighted by atomic mass is 10.2. The number of ether oxygens (including phenoxy) is 2. The Morgan fingerprint density at radius 1 is 0.964 bits per heavy atom. The van der Waals surface area contributed by atoms with E-state index >= 15 is 0 Å². The van der Waals surface area contributed by atoms with Crippen LogP contribution in [0.1, 0.15) is 10.4 Å². The predicted octanol–water partition coefficient (Wildman–Crippen LogP) is 4.78. The Morgan fingerprint density at radius 3 is 2.50 bits per heavy atom. The van der Waals surface area contributed by atoms with Gasteiger partial charge in [0.25, 0.3) is 5.91 Å². The van der Waals surface area contributed by atoms with Gasteiger partial charge < -0.3 is 14.0 Å². The first kappa shape index (κ1) is 18.0. The van der Waals surface area contributed by atoms with Crippen LogP contribution in [0.2, 0.25) is 0 Å². The first-order valence-electron chi connectivity index (χ1n) is 8.70. The van der Waals surface area contributed by atoms with Crippen LogP contribution in [0.15, 0.2) is 77.8 Å². The highest BCUT2D eigenvalue weighted by Crippen LogP contribution is 2.26. The Hall–Kier alpha value is -3.38. The minimum Gasteiger partial charge on any atom is -0.495 e. The Kier molecular flexibility index (Phi) is 4.95. The molecule has 6 heteroatoms. The summed E-state index contributed by atoms with van der Waals surface area (Å²) in [5, 5.41) is 0. The van der Waals surface area contributed by atoms with Crippen LogP contribution in [0, 0.1) is 0 Å². The van der Waals surface area contributed by atoms with Crippen molar-refractivity contribution in [2.24, 2.45) is 12.0 Å². The van der Waals surface area contributed by atoms with Crippen LogP contribution in [-0.4, -0.2) is 17.6 Å². The highest BCUT2D eigenvalue weighted by Gasteiger charge is 2.11. The van der Waals surface area contributed by atoms with Gasteiger partial charge >= 0.3 is 0 Å². The zero-order chi connectivity index (χ0) is 19.5. The minimum atomic E-state index is -0.320. The molecule has 0 fully saturated rings. The maximum Gasteiger partial charge on any atom is 0.279 e. The highest BCUT2D eigenvalue weighted by molar-refractivity contribution is 7.16. The fraction of sp³-hybridized carbons (Fsp3) is 0.0909. The molecule has 0 spiro atoms. The summed E-state index contributed by atoms with van der Waals surface area (Å²) in [6, 6.07) is 22.3. The number of thiazole rings is 1. The highest BCUT2D eigenvalue weighted by atomic mass is 32.1. The van der Waals surface area contributed by atoms with Gasteiger partial charge in [0.05, 0.1) is 11.8 Å². The van der Waals surface area contributed by atoms with E-state index in [0.29, 0.717) is 21.9 Å². The van der Waals surface area contributed by atoms with Crippen molar-refractivity contribution in [3.63, 3.8) is 0 Å². The molecular weight excluding hydrogens is 372 g/mol. The topological polar surface area (TPSA) is 52.8 Å². The molecule has 0 aliphatic rings. The van der Waals surface area contributed by atoms with Gasteiger partial charge in [0.2, 0.25) is 0 Å². The number of aryl methyl sites for hydroxylation is 1. The summed E-state index contributed by atoms with van der Waals surface area (Å²) in [7, 11) is 3.51. The summed E-state index contributed by atoms with van der Waals surface area (Å²) in [6.45, 7) is 0. The molecule has 0 N–H and O–H groups in total. The maximum absolute atomic E-state index is 12.7. The third-order valence-electron chi connectivity index (χ3n) is 4.26. The molecule has 0 aliphatic heterocycles. The van der Waals surface area contributed by atoms with Crippen LogP contribution in [0.25, 0.3) is 10.2 Å². The first-order chi connectivity index (χ1) is 13.7. The minimum absolute atomic E-state index is 0.320. The number of fused-ring (bicyclic) bond motifs is 1. The summed E-state index contributed by atoms with van der Waals surface area (Å²) in [6.07, 6.45) is 0. The normalized spacial score (nSPS) is 11.6. The van der Waals surface area contributed by atoms with Gasteiger partial charge in [0, 0.05) is 12.6 Å². The Bertz CT molecular complexity index is 1210. The van der Waals surface area contributed by atoms with Crippen molar-refractivity contribution in [1.29, 1.82) is 0 Å². The number of benzene rings is 3. The van der Waals surface area contributed by atoms with Gasteiger partial charge in [-0.05, 0) is 42.5 Å². The number of para-hydroxylation sites is 2. The molecule has 140 valence electrons. The van der Waals surface area contributed by atoms with Gasteiger partial charge in [0.15, 0.2) is 4.80 Å². The number of nitrogens with zero attached hydrogens (tertiary/aromatic N) is 2. The van der Waals surface area contributed by atoms with E-state index in [4.69, 9.17) is 9.47 Å². The summed E-state index contributed by atoms with van der Waals surface area (Å²) in [5.74, 6) is 1.74. The molecule has 0 atom stereocenters. The van der Waals surface area contributed by atoms with Gasteiger partial charge in [-0.15, -0.1) is 0 Å². The quantitative estimate of drug-likeness (QED) is 0.504. The number of hydrogen-bond donors (Lipinski definition) is 0. The number of rotatable bonds is 4. The largest absolute Gasteiger partial charge is 0.495 e. The molecule has 1 aromatic heterocycles. The molecule has 1 heterocycles. The predicted molar refractivity (Wildman–Crippen MR) is 110 cm³/mol. The molecule has 0 bridgehead atoms. The van der Waals surface area contributed by atoms with Crippen LogP contribution in [0.5, 0.6) is 17.2 Å². The second kappa shape index (κ2) is 7.70. The van der Waals surface area contributed by atoms with Gasteiger partial charge in [-0.1, -0.05) is 41.7 Å². The number of methoxy groups -OCH3 is 1. The number of aromatic nitrogens is 1. The molecule has 28 heavy (non-hydrogen) atoms. The standard InChI is InChI=1S/C22H18N2O3S/c1-24-20-18(26-2)12-7-13-19(20)28-22(24)23-21(25)15-8-6-11-17(14-15)27-16-9-4-3-5-10-16/h3-14H,1-2H3. The summed E-state index contributed by atoms with van der Waals surface area (Å²) < 4.78 is 14.1. The van der Waals surface area contributed by atoms with Crippen molar-refractivity contribution in [2.45, 2.75) is 0 Å². The lowest BCUT2D eigenvalue weighted by Gasteiger charge is -2.06. The number of carbonyl (C=O) groups excluding carboxylic acids is 1. The van der Waals surface area contributed by atoms with Crippen molar-refractivity contribution >= 4 is 27.5 Å². The maximum atomic E-state index is 12.7. The summed E-state index contributed by atoms with van der Waals surface area (Å²) in [5.41, 5.74) is 1.39. The molecule has 1 amide bonds. The van der Waals surface area contributed by atoms with Crippen molar-refractivity contribution in [3.05, 3.63) is 83.2 Å². The Labute approximate surface area is 166 Å². The molecule has 5 nitrogen and oxygen atoms in total. The van der Waals surface area contributed by atoms with Gasteiger partial charge in [-0.25, -0.2) is 0 Å². The fourth-order valence-electron chi connectivity index (χ4n) is 2.91. The fourth-order valence-corrected chi connectivity index (χ4v) is 3.94. The van der Waals surface area contributed by atoms with E-state index in [1.165, 1.54) is 11.3 Å². The number of hydrogen-bond acceptors (Lipinski definition) is 4. The zero-order valence-electron chi connectivity index (χ0n) is 15.5. The monoisotopic (exact) mass is 390 g/mol. The van der Waals surface area contributed by atoms with E-state index in [0.717, 1.165) is 16.0 Å². The number of carbonyl (C=O) groups is 1. The smallest absolute Gasteiger partial charge is 0.279 e. The molecule has 4 aromatic rings. The van der Waals surface area contributed by atoms with Gasteiger partial charge in [0.1, 0.15) is 22.8 Å². The lowest BCUT2D eigenvalue weighted by Crippen LogP contribution is -2.13. The van der Waals surface area contributed by atoms with Crippen LogP contribution in [0.3, 0.4) is 0 Å². The van der Waals surface area contributed by atoms with Crippen LogP contribution in [0.4, 0.5) is 0 Å². The Morgan fingerprint density at radius 2 is 1.71 bits per heavy atom. The molecule has 3 aromatic carbocycles. The zero-order valence-corrected chi connectivity index (χ0v) is 16.3. The van der Waals surface area contributed by atoms with Crippen molar-refractivity contribution in [1.82, 2.24) is 4.57 Å². The molecule has 0 saturated carbocycles. The third-order valence-corrected chi connectivity index (χ3v) is 5.36. The molecule has 0 radical (unpaired) electrons. The average molecular weight is 390 g/mol. The average Bonchev–Trinajstić information content (AvgIpc) is 3.04. The second-order valence-corrected chi connectivity index (χ2v) is 7.12. The van der Waals surface area contributed by atoms with E-state index < -0.39 is 0 Å². The van der Waals surface area contributed by atoms with E-state index in [1.54, 1.807) is 25.3 Å². The van der Waals surface area contributed by atoms with E-state index in [1.807, 2.05) is 66.2 Å². The van der Waals surface area contributed by atoms with Crippen LogP contribution in [-0.2, 0) is 7.05 Å². The SMILES string of the molecule is COc1cccc2sc(=NC(=O)c3cccc(Oc4ccccc4)c3)n(C)c12. The van der Waals surface area contributed by atoms with Gasteiger partial charge in [-0.2, -0.15) is 4.99 Å². The van der Waals surface area contributed by atoms with E-state index in [2.05, 4.69) is 4.99 Å². The van der Waals surface area contributed by atoms with Crippen LogP contribution >= 0.6 is 11.3 Å². The van der Waals surface area contributed by atoms with Gasteiger partial charge in [-0.3, -0.25) is 4.79 Å². The van der Waals surface area contributed by atoms with Crippen molar-refractivity contribution in [2.75, 3.05) is 7.11 Å². The summed E-state index contributed by atoms with van der Waals surface area (Å²) >= 11 is 1.45. The van der Waals surface area contributed by atoms with Crippen molar-refractivity contribution < 1.29 is 14.3 Å². The molecule has 0 saturated heterocycles. The molecular formula is C22H18N2O3S. The lowest BCUT2D eigenvalue weighted by molar-refractivity contribution is 0.0997. The summed E-state index contributed by atoms with van der Waals surface area (Å²) in [4.78, 5) is 17.7. The molecule has 0 aliphatic carbocycles. The first-order valence-corrected chi connectivity index (χ1v) is 9.52. The number of amides is 1. The van der Waals surface area contributed by atoms with E-state index in [9.17, 15) is 4.79 Å². The van der Waals surface area contributed by atoms with Crippen LogP contribution < -0.4 is 14.3 Å². The van der Waals surface area contributed by atoms with E-state index in [-0.39, 0.29) is 5.91 Å².